The number of rotatable bonds is 6. The Morgan fingerprint density at radius 3 is 1.72 bits per heavy atom. The molecular formula is C46H31N3O. The van der Waals surface area contributed by atoms with Gasteiger partial charge in [0.2, 0.25) is 0 Å². The van der Waals surface area contributed by atoms with E-state index in [2.05, 4.69) is 128 Å². The Kier molecular flexibility index (Phi) is 7.33. The summed E-state index contributed by atoms with van der Waals surface area (Å²) in [5.74, 6) is 1.83. The molecule has 0 radical (unpaired) electrons. The van der Waals surface area contributed by atoms with E-state index < -0.39 is 0 Å². The van der Waals surface area contributed by atoms with Crippen molar-refractivity contribution in [1.29, 1.82) is 0 Å². The fourth-order valence-electron chi connectivity index (χ4n) is 6.71. The summed E-state index contributed by atoms with van der Waals surface area (Å²) >= 11 is 0. The van der Waals surface area contributed by atoms with Crippen molar-refractivity contribution in [2.24, 2.45) is 0 Å². The summed E-state index contributed by atoms with van der Waals surface area (Å²) < 4.78 is 6.54. The van der Waals surface area contributed by atoms with Crippen LogP contribution in [0.5, 0.6) is 0 Å². The average molecular weight is 642 g/mol. The lowest BCUT2D eigenvalue weighted by Crippen LogP contribution is -2.01. The van der Waals surface area contributed by atoms with E-state index in [1.54, 1.807) is 0 Å². The molecule has 4 nitrogen and oxygen atoms in total. The van der Waals surface area contributed by atoms with Crippen LogP contribution >= 0.6 is 0 Å². The van der Waals surface area contributed by atoms with Gasteiger partial charge in [-0.2, -0.15) is 0 Å². The summed E-state index contributed by atoms with van der Waals surface area (Å²) in [6, 6.07) is 58.7. The van der Waals surface area contributed by atoms with E-state index in [-0.39, 0.29) is 0 Å². The Hall–Kier alpha value is -6.65. The third-order valence-electron chi connectivity index (χ3n) is 9.23. The van der Waals surface area contributed by atoms with Crippen LogP contribution in [0.4, 0.5) is 0 Å². The minimum atomic E-state index is 0.589. The predicted octanol–water partition coefficient (Wildman–Crippen LogP) is 12.1. The Balaban J connectivity index is 1.19. The molecule has 0 N–H and O–H groups in total. The highest BCUT2D eigenvalue weighted by Crippen LogP contribution is 2.39. The topological polar surface area (TPSA) is 51.8 Å². The summed E-state index contributed by atoms with van der Waals surface area (Å²) in [5.41, 5.74) is 12.4. The standard InChI is InChI=1S/C46H31N3O/c1-30-22-24-32(25-23-30)37-18-8-9-19-39(37)46-48-44(33-14-6-3-7-15-33)47-45(49-46)36-26-27-40-42(29-36)50-41-21-11-20-38(43(40)41)35-17-10-16-34(28-35)31-12-4-2-5-13-31/h2-29H,1H3. The van der Waals surface area contributed by atoms with Gasteiger partial charge in [0.25, 0.3) is 0 Å². The second kappa shape index (κ2) is 12.4. The Labute approximate surface area is 290 Å². The third-order valence-corrected chi connectivity index (χ3v) is 9.23. The number of benzene rings is 7. The number of aromatic nitrogens is 3. The van der Waals surface area contributed by atoms with Crippen LogP contribution in [-0.2, 0) is 0 Å². The SMILES string of the molecule is Cc1ccc(-c2ccccc2-c2nc(-c3ccccc3)nc(-c3ccc4c(c3)oc3cccc(-c5cccc(-c6ccccc6)c5)c34)n2)cc1. The summed E-state index contributed by atoms with van der Waals surface area (Å²) in [5, 5.41) is 2.14. The monoisotopic (exact) mass is 641 g/mol. The number of hydrogen-bond acceptors (Lipinski definition) is 4. The fraction of sp³-hybridized carbons (Fsp3) is 0.0217. The molecule has 236 valence electrons. The highest BCUT2D eigenvalue weighted by molar-refractivity contribution is 6.13. The van der Waals surface area contributed by atoms with Crippen LogP contribution in [0.15, 0.2) is 174 Å². The average Bonchev–Trinajstić information content (AvgIpc) is 3.57. The van der Waals surface area contributed by atoms with Crippen molar-refractivity contribution in [2.45, 2.75) is 6.92 Å². The minimum absolute atomic E-state index is 0.589. The summed E-state index contributed by atoms with van der Waals surface area (Å²) in [6.07, 6.45) is 0. The lowest BCUT2D eigenvalue weighted by molar-refractivity contribution is 0.669. The van der Waals surface area contributed by atoms with Crippen LogP contribution in [0.2, 0.25) is 0 Å². The van der Waals surface area contributed by atoms with Gasteiger partial charge in [0.15, 0.2) is 17.5 Å². The van der Waals surface area contributed by atoms with Gasteiger partial charge in [-0.15, -0.1) is 0 Å². The molecule has 50 heavy (non-hydrogen) atoms. The van der Waals surface area contributed by atoms with Crippen molar-refractivity contribution in [2.75, 3.05) is 0 Å². The Morgan fingerprint density at radius 2 is 0.940 bits per heavy atom. The Bertz CT molecular complexity index is 2640. The van der Waals surface area contributed by atoms with E-state index in [0.717, 1.165) is 60.9 Å². The minimum Gasteiger partial charge on any atom is -0.456 e. The largest absolute Gasteiger partial charge is 0.456 e. The molecule has 7 aromatic carbocycles. The van der Waals surface area contributed by atoms with E-state index >= 15 is 0 Å². The first kappa shape index (κ1) is 29.5. The van der Waals surface area contributed by atoms with Crippen LogP contribution in [0.25, 0.3) is 89.5 Å². The van der Waals surface area contributed by atoms with Crippen LogP contribution in [-0.4, -0.2) is 15.0 Å². The van der Waals surface area contributed by atoms with E-state index in [0.29, 0.717) is 17.5 Å². The summed E-state index contributed by atoms with van der Waals surface area (Å²) in [4.78, 5) is 15.1. The summed E-state index contributed by atoms with van der Waals surface area (Å²) in [6.45, 7) is 2.10. The number of hydrogen-bond donors (Lipinski definition) is 0. The molecule has 0 spiro atoms. The van der Waals surface area contributed by atoms with Crippen LogP contribution in [0.3, 0.4) is 0 Å². The van der Waals surface area contributed by atoms with E-state index in [1.807, 2.05) is 48.5 Å². The highest BCUT2D eigenvalue weighted by atomic mass is 16.3. The second-order valence-corrected chi connectivity index (χ2v) is 12.5. The molecule has 9 rings (SSSR count). The molecule has 9 aromatic rings. The van der Waals surface area contributed by atoms with Crippen molar-refractivity contribution < 1.29 is 4.42 Å². The molecule has 2 aromatic heterocycles. The zero-order valence-corrected chi connectivity index (χ0v) is 27.4. The van der Waals surface area contributed by atoms with Gasteiger partial charge in [-0.3, -0.25) is 0 Å². The molecule has 0 bridgehead atoms. The molecule has 0 saturated carbocycles. The molecular weight excluding hydrogens is 611 g/mol. The first-order valence-electron chi connectivity index (χ1n) is 16.8. The number of nitrogens with zero attached hydrogens (tertiary/aromatic N) is 3. The zero-order valence-electron chi connectivity index (χ0n) is 27.4. The molecule has 0 aliphatic heterocycles. The second-order valence-electron chi connectivity index (χ2n) is 12.5. The lowest BCUT2D eigenvalue weighted by Gasteiger charge is -2.12. The molecule has 0 atom stereocenters. The first-order chi connectivity index (χ1) is 24.7. The predicted molar refractivity (Wildman–Crippen MR) is 204 cm³/mol. The smallest absolute Gasteiger partial charge is 0.164 e. The van der Waals surface area contributed by atoms with Crippen LogP contribution in [0.1, 0.15) is 5.56 Å². The van der Waals surface area contributed by atoms with E-state index in [1.165, 1.54) is 16.7 Å². The van der Waals surface area contributed by atoms with Gasteiger partial charge < -0.3 is 4.42 Å². The van der Waals surface area contributed by atoms with Gasteiger partial charge >= 0.3 is 0 Å². The van der Waals surface area contributed by atoms with Gasteiger partial charge in [0.05, 0.1) is 0 Å². The molecule has 0 saturated heterocycles. The van der Waals surface area contributed by atoms with Crippen molar-refractivity contribution in [3.05, 3.63) is 175 Å². The quantitative estimate of drug-likeness (QED) is 0.181. The molecule has 0 unspecified atom stereocenters. The lowest BCUT2D eigenvalue weighted by atomic mass is 9.96. The molecule has 2 heterocycles. The van der Waals surface area contributed by atoms with E-state index in [9.17, 15) is 0 Å². The Morgan fingerprint density at radius 1 is 0.360 bits per heavy atom. The van der Waals surface area contributed by atoms with Gasteiger partial charge in [-0.05, 0) is 64.6 Å². The molecule has 0 amide bonds. The maximum atomic E-state index is 6.54. The molecule has 0 aliphatic carbocycles. The van der Waals surface area contributed by atoms with Crippen LogP contribution in [0, 0.1) is 6.92 Å². The van der Waals surface area contributed by atoms with Crippen molar-refractivity contribution in [3.8, 4) is 67.5 Å². The van der Waals surface area contributed by atoms with Crippen molar-refractivity contribution in [1.82, 2.24) is 15.0 Å². The number of fused-ring (bicyclic) bond motifs is 3. The van der Waals surface area contributed by atoms with E-state index in [4.69, 9.17) is 19.4 Å². The fourth-order valence-corrected chi connectivity index (χ4v) is 6.71. The molecule has 0 fully saturated rings. The number of furan rings is 1. The molecule has 4 heteroatoms. The van der Waals surface area contributed by atoms with Gasteiger partial charge in [0, 0.05) is 27.5 Å². The van der Waals surface area contributed by atoms with Gasteiger partial charge in [-0.1, -0.05) is 151 Å². The zero-order chi connectivity index (χ0) is 33.4. The third kappa shape index (κ3) is 5.43. The normalized spacial score (nSPS) is 11.3. The number of aryl methyl sites for hydroxylation is 1. The van der Waals surface area contributed by atoms with Crippen molar-refractivity contribution >= 4 is 21.9 Å². The van der Waals surface area contributed by atoms with Gasteiger partial charge in [-0.25, -0.2) is 15.0 Å². The summed E-state index contributed by atoms with van der Waals surface area (Å²) in [7, 11) is 0. The highest BCUT2D eigenvalue weighted by Gasteiger charge is 2.18. The van der Waals surface area contributed by atoms with Crippen molar-refractivity contribution in [3.63, 3.8) is 0 Å². The van der Waals surface area contributed by atoms with Gasteiger partial charge in [0.1, 0.15) is 11.2 Å². The molecule has 0 aliphatic rings. The first-order valence-corrected chi connectivity index (χ1v) is 16.8. The maximum Gasteiger partial charge on any atom is 0.164 e. The van der Waals surface area contributed by atoms with Crippen LogP contribution < -0.4 is 0 Å². The maximum absolute atomic E-state index is 6.54.